The molecule has 1 aromatic rings. The predicted octanol–water partition coefficient (Wildman–Crippen LogP) is 7.35. The van der Waals surface area contributed by atoms with Gasteiger partial charge in [-0.15, -0.1) is 0 Å². The van der Waals surface area contributed by atoms with E-state index in [1.165, 1.54) is 63.3 Å². The third-order valence-corrected chi connectivity index (χ3v) is 6.45. The normalized spacial score (nSPS) is 22.2. The number of nitrogens with zero attached hydrogens (tertiary/aromatic N) is 2. The molecule has 1 saturated carbocycles. The summed E-state index contributed by atoms with van der Waals surface area (Å²) < 4.78 is 0. The van der Waals surface area contributed by atoms with Crippen LogP contribution in [0.3, 0.4) is 0 Å². The van der Waals surface area contributed by atoms with E-state index in [4.69, 9.17) is 0 Å². The van der Waals surface area contributed by atoms with Crippen LogP contribution in [0.2, 0.25) is 0 Å². The predicted molar refractivity (Wildman–Crippen MR) is 123 cm³/mol. The Kier molecular flexibility index (Phi) is 7.46. The van der Waals surface area contributed by atoms with Gasteiger partial charge < -0.3 is 0 Å². The number of rotatable bonds is 6. The van der Waals surface area contributed by atoms with E-state index in [1.807, 2.05) is 6.08 Å². The number of hydrogen-bond donors (Lipinski definition) is 1. The summed E-state index contributed by atoms with van der Waals surface area (Å²) in [6.45, 7) is 9.13. The molecule has 2 aliphatic carbocycles. The fourth-order valence-electron chi connectivity index (χ4n) is 4.80. The molecule has 29 heavy (non-hydrogen) atoms. The molecular weight excluding hydrogens is 354 g/mol. The van der Waals surface area contributed by atoms with Crippen LogP contribution in [0.5, 0.6) is 0 Å². The minimum Gasteiger partial charge on any atom is -0.260 e. The molecule has 0 saturated heterocycles. The second kappa shape index (κ2) is 10.0. The number of allylic oxidation sites excluding steroid dienone is 9. The van der Waals surface area contributed by atoms with Gasteiger partial charge in [-0.05, 0) is 74.5 Å². The average Bonchev–Trinajstić information content (AvgIpc) is 3.20. The van der Waals surface area contributed by atoms with Crippen LogP contribution in [0.4, 0.5) is 0 Å². The van der Waals surface area contributed by atoms with Gasteiger partial charge >= 0.3 is 0 Å². The monoisotopic (exact) mass is 391 g/mol. The van der Waals surface area contributed by atoms with Crippen molar-refractivity contribution in [3.63, 3.8) is 0 Å². The Morgan fingerprint density at radius 2 is 1.86 bits per heavy atom. The van der Waals surface area contributed by atoms with Crippen molar-refractivity contribution in [2.24, 2.45) is 11.3 Å². The van der Waals surface area contributed by atoms with E-state index < -0.39 is 0 Å². The molecule has 0 aliphatic heterocycles. The minimum absolute atomic E-state index is 0.300. The third kappa shape index (κ3) is 6.16. The lowest BCUT2D eigenvalue weighted by atomic mass is 9.67. The van der Waals surface area contributed by atoms with Gasteiger partial charge in [0, 0.05) is 0 Å². The summed E-state index contributed by atoms with van der Waals surface area (Å²) in [5, 5.41) is 6.73. The number of hydrogen-bond acceptors (Lipinski definition) is 2. The molecule has 0 bridgehead atoms. The van der Waals surface area contributed by atoms with E-state index in [1.54, 1.807) is 11.1 Å². The largest absolute Gasteiger partial charge is 0.260 e. The summed E-state index contributed by atoms with van der Waals surface area (Å²) in [6.07, 6.45) is 25.7. The number of H-pyrrole nitrogens is 1. The molecular formula is C26H37N3. The van der Waals surface area contributed by atoms with Gasteiger partial charge in [-0.2, -0.15) is 5.10 Å². The van der Waals surface area contributed by atoms with Crippen LogP contribution in [-0.4, -0.2) is 15.2 Å². The molecule has 3 rings (SSSR count). The summed E-state index contributed by atoms with van der Waals surface area (Å²) in [7, 11) is 0. The van der Waals surface area contributed by atoms with Crippen molar-refractivity contribution in [1.82, 2.24) is 15.2 Å². The zero-order valence-corrected chi connectivity index (χ0v) is 18.7. The topological polar surface area (TPSA) is 41.6 Å². The molecule has 0 radical (unpaired) electrons. The van der Waals surface area contributed by atoms with Gasteiger partial charge in [-0.1, -0.05) is 74.6 Å². The molecule has 0 atom stereocenters. The fraction of sp³-hybridized carbons (Fsp3) is 0.538. The van der Waals surface area contributed by atoms with Crippen LogP contribution in [0.1, 0.15) is 84.9 Å². The molecule has 0 aromatic carbocycles. The maximum atomic E-state index is 4.13. The maximum Gasteiger partial charge on any atom is 0.148 e. The van der Waals surface area contributed by atoms with E-state index in [0.29, 0.717) is 5.41 Å². The van der Waals surface area contributed by atoms with E-state index in [2.05, 4.69) is 73.3 Å². The Balaban J connectivity index is 1.73. The van der Waals surface area contributed by atoms with E-state index in [0.717, 1.165) is 17.3 Å². The quantitative estimate of drug-likeness (QED) is 0.515. The molecule has 1 aromatic heterocycles. The molecule has 3 nitrogen and oxygen atoms in total. The lowest BCUT2D eigenvalue weighted by molar-refractivity contribution is 0.330. The molecule has 1 N–H and O–H groups in total. The van der Waals surface area contributed by atoms with Crippen LogP contribution in [-0.2, 0) is 0 Å². The maximum absolute atomic E-state index is 4.13. The Morgan fingerprint density at radius 3 is 2.59 bits per heavy atom. The van der Waals surface area contributed by atoms with Crippen molar-refractivity contribution in [3.05, 3.63) is 64.8 Å². The standard InChI is InChI=1S/C26H37N3/c1-20(10-8-11-21(2)18-25-27-19-28-29-25)15-16-24-23(14-9-17-26(24,3)4)22-12-6-5-7-13-22/h8,10-11,15-16,18-19,22H,5-7,9,12-14,17H2,1-4H3,(H,27,28,29)/b11-8+,16-15+,20-10+,21-18+. The summed E-state index contributed by atoms with van der Waals surface area (Å²) in [5.41, 5.74) is 6.12. The van der Waals surface area contributed by atoms with E-state index >= 15 is 0 Å². The third-order valence-electron chi connectivity index (χ3n) is 6.45. The van der Waals surface area contributed by atoms with Gasteiger partial charge in [0.05, 0.1) is 0 Å². The minimum atomic E-state index is 0.300. The lowest BCUT2D eigenvalue weighted by Crippen LogP contribution is -2.24. The first-order valence-electron chi connectivity index (χ1n) is 11.3. The molecule has 2 aliphatic rings. The van der Waals surface area contributed by atoms with Gasteiger partial charge in [0.25, 0.3) is 0 Å². The van der Waals surface area contributed by atoms with Crippen LogP contribution in [0, 0.1) is 11.3 Å². The molecule has 0 spiro atoms. The lowest BCUT2D eigenvalue weighted by Gasteiger charge is -2.38. The molecule has 0 amide bonds. The van der Waals surface area contributed by atoms with Crippen molar-refractivity contribution in [2.75, 3.05) is 0 Å². The van der Waals surface area contributed by atoms with Crippen molar-refractivity contribution >= 4 is 6.08 Å². The van der Waals surface area contributed by atoms with Crippen molar-refractivity contribution in [2.45, 2.75) is 79.1 Å². The first-order valence-corrected chi connectivity index (χ1v) is 11.3. The summed E-state index contributed by atoms with van der Waals surface area (Å²) in [5.74, 6) is 1.62. The van der Waals surface area contributed by atoms with Crippen molar-refractivity contribution in [3.8, 4) is 0 Å². The summed E-state index contributed by atoms with van der Waals surface area (Å²) in [4.78, 5) is 4.13. The Labute approximate surface area is 176 Å². The highest BCUT2D eigenvalue weighted by Crippen LogP contribution is 2.46. The van der Waals surface area contributed by atoms with Gasteiger partial charge in [0.15, 0.2) is 0 Å². The van der Waals surface area contributed by atoms with Gasteiger partial charge in [-0.25, -0.2) is 4.98 Å². The molecule has 1 fully saturated rings. The summed E-state index contributed by atoms with van der Waals surface area (Å²) in [6, 6.07) is 0. The van der Waals surface area contributed by atoms with E-state index in [-0.39, 0.29) is 0 Å². The van der Waals surface area contributed by atoms with Gasteiger partial charge in [-0.3, -0.25) is 5.10 Å². The zero-order chi connectivity index (χ0) is 20.7. The Hall–Kier alpha value is -2.16. The molecule has 156 valence electrons. The number of nitrogens with one attached hydrogen (secondary N) is 1. The smallest absolute Gasteiger partial charge is 0.148 e. The molecule has 0 unspecified atom stereocenters. The number of aromatic amines is 1. The van der Waals surface area contributed by atoms with Gasteiger partial charge in [0.1, 0.15) is 12.2 Å². The summed E-state index contributed by atoms with van der Waals surface area (Å²) >= 11 is 0. The van der Waals surface area contributed by atoms with Crippen molar-refractivity contribution in [1.29, 1.82) is 0 Å². The second-order valence-corrected chi connectivity index (χ2v) is 9.37. The first kappa shape index (κ1) is 21.5. The first-order chi connectivity index (χ1) is 14.0. The van der Waals surface area contributed by atoms with Gasteiger partial charge in [0.2, 0.25) is 0 Å². The highest BCUT2D eigenvalue weighted by molar-refractivity contribution is 5.48. The molecule has 3 heteroatoms. The molecule has 1 heterocycles. The van der Waals surface area contributed by atoms with Crippen molar-refractivity contribution < 1.29 is 0 Å². The highest BCUT2D eigenvalue weighted by atomic mass is 15.2. The van der Waals surface area contributed by atoms with Crippen LogP contribution < -0.4 is 0 Å². The average molecular weight is 392 g/mol. The Morgan fingerprint density at radius 1 is 1.07 bits per heavy atom. The Bertz CT molecular complexity index is 810. The fourth-order valence-corrected chi connectivity index (χ4v) is 4.80. The highest BCUT2D eigenvalue weighted by Gasteiger charge is 2.31. The SMILES string of the molecule is CC(/C=C/C1=C(C2CCCCC2)CCCC1(C)C)=C\C=C\C(C)=C\c1ncn[nH]1. The van der Waals surface area contributed by atoms with Crippen LogP contribution in [0.15, 0.2) is 59.0 Å². The van der Waals surface area contributed by atoms with Crippen LogP contribution >= 0.6 is 0 Å². The van der Waals surface area contributed by atoms with E-state index in [9.17, 15) is 0 Å². The zero-order valence-electron chi connectivity index (χ0n) is 18.7. The van der Waals surface area contributed by atoms with Crippen LogP contribution in [0.25, 0.3) is 6.08 Å². The second-order valence-electron chi connectivity index (χ2n) is 9.37. The number of aromatic nitrogens is 3.